The van der Waals surface area contributed by atoms with E-state index in [0.717, 1.165) is 0 Å². The van der Waals surface area contributed by atoms with Crippen LogP contribution < -0.4 is 11.1 Å². The number of aliphatic carboxylic acids is 2. The van der Waals surface area contributed by atoms with Crippen LogP contribution in [0.3, 0.4) is 0 Å². The van der Waals surface area contributed by atoms with Crippen LogP contribution in [-0.4, -0.2) is 52.2 Å². The first-order valence-corrected chi connectivity index (χ1v) is 6.21. The smallest absolute Gasteiger partial charge is 0.362 e. The molecule has 0 saturated heterocycles. The van der Waals surface area contributed by atoms with E-state index < -0.39 is 18.0 Å². The molecule has 0 aliphatic heterocycles. The van der Waals surface area contributed by atoms with Gasteiger partial charge in [0.05, 0.1) is 0 Å². The van der Waals surface area contributed by atoms with Crippen LogP contribution in [0, 0.1) is 0 Å². The average Bonchev–Trinajstić information content (AvgIpc) is 2.25. The molecule has 7 nitrogen and oxygen atoms in total. The number of carboxylic acids is 2. The summed E-state index contributed by atoms with van der Waals surface area (Å²) in [6, 6.07) is -0.622. The lowest BCUT2D eigenvalue weighted by Crippen LogP contribution is -2.65. The van der Waals surface area contributed by atoms with E-state index in [4.69, 9.17) is 10.2 Å². The summed E-state index contributed by atoms with van der Waals surface area (Å²) in [6.07, 6.45) is 0.684. The van der Waals surface area contributed by atoms with E-state index in [2.05, 4.69) is 11.1 Å². The highest BCUT2D eigenvalue weighted by atomic mass is 32.2. The number of hydrogen-bond acceptors (Lipinski definition) is 4. The van der Waals surface area contributed by atoms with Crippen molar-refractivity contribution in [2.75, 3.05) is 18.1 Å². The van der Waals surface area contributed by atoms with Gasteiger partial charge in [-0.05, 0) is 5.75 Å². The van der Waals surface area contributed by atoms with Crippen molar-refractivity contribution >= 4 is 29.6 Å². The number of amides is 1. The molecule has 0 bridgehead atoms. The van der Waals surface area contributed by atoms with Gasteiger partial charge in [-0.1, -0.05) is 0 Å². The lowest BCUT2D eigenvalue weighted by atomic mass is 10.2. The van der Waals surface area contributed by atoms with E-state index in [1.165, 1.54) is 11.8 Å². The standard InChI is InChI=1S/C9H16N2O5S/c10-6(9(15)16)1-3-17-4-2-7(12)11-5-8(13)14/h6H,1-5,10H2,(H,11,12)(H,13,14)(H,15,16)/p+1/t6-/m0/s1. The minimum absolute atomic E-state index is 0.229. The Morgan fingerprint density at radius 1 is 1.24 bits per heavy atom. The maximum Gasteiger partial charge on any atom is 0.362 e. The molecule has 0 radical (unpaired) electrons. The van der Waals surface area contributed by atoms with Crippen molar-refractivity contribution in [2.45, 2.75) is 18.9 Å². The van der Waals surface area contributed by atoms with Crippen LogP contribution in [0.25, 0.3) is 0 Å². The van der Waals surface area contributed by atoms with Crippen LogP contribution in [0.2, 0.25) is 0 Å². The van der Waals surface area contributed by atoms with Crippen molar-refractivity contribution in [3.05, 3.63) is 0 Å². The Bertz CT molecular complexity index is 285. The molecule has 0 unspecified atom stereocenters. The maximum absolute atomic E-state index is 11.1. The molecule has 0 aromatic heterocycles. The van der Waals surface area contributed by atoms with Gasteiger partial charge in [-0.2, -0.15) is 11.8 Å². The van der Waals surface area contributed by atoms with Crippen LogP contribution in [0.15, 0.2) is 0 Å². The molecule has 0 aromatic rings. The predicted octanol–water partition coefficient (Wildman–Crippen LogP) is -1.60. The highest BCUT2D eigenvalue weighted by Crippen LogP contribution is 2.05. The second-order valence-corrected chi connectivity index (χ2v) is 4.58. The van der Waals surface area contributed by atoms with Crippen molar-refractivity contribution < 1.29 is 30.3 Å². The molecule has 0 rings (SSSR count). The van der Waals surface area contributed by atoms with Gasteiger partial charge in [-0.3, -0.25) is 9.59 Å². The summed E-state index contributed by atoms with van der Waals surface area (Å²) < 4.78 is 0. The van der Waals surface area contributed by atoms with Gasteiger partial charge in [0, 0.05) is 18.6 Å². The quantitative estimate of drug-likeness (QED) is 0.371. The molecule has 0 saturated carbocycles. The third-order valence-electron chi connectivity index (χ3n) is 1.87. The summed E-state index contributed by atoms with van der Waals surface area (Å²) >= 11 is 1.45. The van der Waals surface area contributed by atoms with Crippen LogP contribution >= 0.6 is 11.8 Å². The van der Waals surface area contributed by atoms with Crippen LogP contribution in [0.1, 0.15) is 12.8 Å². The van der Waals surface area contributed by atoms with Gasteiger partial charge in [0.1, 0.15) is 6.54 Å². The van der Waals surface area contributed by atoms with E-state index in [0.29, 0.717) is 17.9 Å². The Morgan fingerprint density at radius 3 is 2.41 bits per heavy atom. The van der Waals surface area contributed by atoms with Gasteiger partial charge < -0.3 is 21.3 Å². The zero-order valence-electron chi connectivity index (χ0n) is 9.35. The molecule has 0 aliphatic carbocycles. The van der Waals surface area contributed by atoms with Gasteiger partial charge in [-0.15, -0.1) is 0 Å². The molecular formula is C9H17N2O5S+. The summed E-state index contributed by atoms with van der Waals surface area (Å²) in [6.45, 7) is -0.372. The van der Waals surface area contributed by atoms with E-state index >= 15 is 0 Å². The first-order chi connectivity index (χ1) is 7.93. The van der Waals surface area contributed by atoms with E-state index in [1.54, 1.807) is 0 Å². The van der Waals surface area contributed by atoms with Crippen LogP contribution in [0.4, 0.5) is 0 Å². The fourth-order valence-electron chi connectivity index (χ4n) is 0.879. The molecule has 0 aliphatic rings. The fourth-order valence-corrected chi connectivity index (χ4v) is 1.86. The summed E-state index contributed by atoms with van der Waals surface area (Å²) in [5, 5.41) is 19.1. The van der Waals surface area contributed by atoms with E-state index in [-0.39, 0.29) is 18.9 Å². The predicted molar refractivity (Wildman–Crippen MR) is 61.5 cm³/mol. The van der Waals surface area contributed by atoms with Crippen molar-refractivity contribution in [3.63, 3.8) is 0 Å². The average molecular weight is 265 g/mol. The molecule has 6 N–H and O–H groups in total. The van der Waals surface area contributed by atoms with Gasteiger partial charge in [0.2, 0.25) is 5.91 Å². The molecule has 1 atom stereocenters. The third-order valence-corrected chi connectivity index (χ3v) is 2.89. The summed E-state index contributed by atoms with van der Waals surface area (Å²) in [4.78, 5) is 31.6. The minimum Gasteiger partial charge on any atom is -0.480 e. The van der Waals surface area contributed by atoms with Crippen molar-refractivity contribution in [2.24, 2.45) is 0 Å². The second-order valence-electron chi connectivity index (χ2n) is 3.36. The first-order valence-electron chi connectivity index (χ1n) is 5.05. The van der Waals surface area contributed by atoms with Gasteiger partial charge >= 0.3 is 11.9 Å². The maximum atomic E-state index is 11.1. The van der Waals surface area contributed by atoms with Crippen molar-refractivity contribution in [1.29, 1.82) is 0 Å². The van der Waals surface area contributed by atoms with Gasteiger partial charge in [0.25, 0.3) is 0 Å². The number of carboxylic acid groups (broad SMARTS) is 2. The Kier molecular flexibility index (Phi) is 8.16. The highest BCUT2D eigenvalue weighted by Gasteiger charge is 2.14. The number of thioether (sulfide) groups is 1. The van der Waals surface area contributed by atoms with Crippen molar-refractivity contribution in [3.8, 4) is 0 Å². The zero-order valence-corrected chi connectivity index (χ0v) is 10.2. The molecule has 0 aromatic carbocycles. The fraction of sp³-hybridized carbons (Fsp3) is 0.667. The topological polar surface area (TPSA) is 131 Å². The Labute approximate surface area is 103 Å². The van der Waals surface area contributed by atoms with E-state index in [9.17, 15) is 14.4 Å². The molecule has 1 amide bonds. The van der Waals surface area contributed by atoms with Crippen molar-refractivity contribution in [1.82, 2.24) is 5.32 Å². The molecule has 98 valence electrons. The summed E-state index contributed by atoms with van der Waals surface area (Å²) in [5.41, 5.74) is 3.46. The number of hydrogen-bond donors (Lipinski definition) is 4. The monoisotopic (exact) mass is 265 g/mol. The molecule has 8 heteroatoms. The lowest BCUT2D eigenvalue weighted by Gasteiger charge is -2.04. The van der Waals surface area contributed by atoms with Crippen LogP contribution in [0.5, 0.6) is 0 Å². The zero-order chi connectivity index (χ0) is 13.3. The number of carbonyl (C=O) groups is 3. The van der Waals surface area contributed by atoms with Gasteiger partial charge in [0.15, 0.2) is 6.04 Å². The first kappa shape index (κ1) is 15.7. The normalized spacial score (nSPS) is 11.8. The largest absolute Gasteiger partial charge is 0.480 e. The lowest BCUT2D eigenvalue weighted by molar-refractivity contribution is -0.407. The number of carbonyl (C=O) groups excluding carboxylic acids is 1. The molecule has 0 spiro atoms. The number of nitrogens with one attached hydrogen (secondary N) is 1. The highest BCUT2D eigenvalue weighted by molar-refractivity contribution is 7.99. The van der Waals surface area contributed by atoms with Crippen LogP contribution in [-0.2, 0) is 14.4 Å². The van der Waals surface area contributed by atoms with Gasteiger partial charge in [-0.25, -0.2) is 4.79 Å². The minimum atomic E-state index is -1.08. The SMILES string of the molecule is [NH3+][C@@H](CCSCCC(=O)NCC(=O)O)C(=O)O. The summed E-state index contributed by atoms with van der Waals surface area (Å²) in [7, 11) is 0. The second kappa shape index (κ2) is 8.82. The number of quaternary nitrogens is 1. The Morgan fingerprint density at radius 2 is 1.88 bits per heavy atom. The van der Waals surface area contributed by atoms with E-state index in [1.807, 2.05) is 0 Å². The molecule has 0 fully saturated rings. The third kappa shape index (κ3) is 9.64. The number of rotatable bonds is 9. The molecular weight excluding hydrogens is 248 g/mol. The Balaban J connectivity index is 3.42. The summed E-state index contributed by atoms with van der Waals surface area (Å²) in [5.74, 6) is -1.16. The Hall–Kier alpha value is -1.28. The molecule has 17 heavy (non-hydrogen) atoms. The molecule has 0 heterocycles.